The summed E-state index contributed by atoms with van der Waals surface area (Å²) in [5, 5.41) is 8.93. The van der Waals surface area contributed by atoms with Gasteiger partial charge in [-0.3, -0.25) is 0 Å². The van der Waals surface area contributed by atoms with Crippen molar-refractivity contribution in [2.75, 3.05) is 14.2 Å². The smallest absolute Gasteiger partial charge is 0.338 e. The summed E-state index contributed by atoms with van der Waals surface area (Å²) in [6.07, 6.45) is 0. The van der Waals surface area contributed by atoms with E-state index in [1.807, 2.05) is 6.07 Å². The van der Waals surface area contributed by atoms with Gasteiger partial charge in [0.1, 0.15) is 11.8 Å². The van der Waals surface area contributed by atoms with E-state index in [0.29, 0.717) is 22.4 Å². The fourth-order valence-electron chi connectivity index (χ4n) is 1.33. The van der Waals surface area contributed by atoms with Gasteiger partial charge in [-0.25, -0.2) is 4.79 Å². The Labute approximate surface area is 88.0 Å². The molecule has 0 saturated heterocycles. The SMILES string of the molecule is COC(=O)c1ccc(OC)c(C#N)c1C. The van der Waals surface area contributed by atoms with E-state index in [0.717, 1.165) is 0 Å². The van der Waals surface area contributed by atoms with Gasteiger partial charge in [-0.2, -0.15) is 5.26 Å². The molecule has 0 unspecified atom stereocenters. The standard InChI is InChI=1S/C11H11NO3/c1-7-8(11(13)15-3)4-5-10(14-2)9(7)6-12/h4-5H,1-3H3. The number of ether oxygens (including phenoxy) is 2. The largest absolute Gasteiger partial charge is 0.495 e. The second-order valence-corrected chi connectivity index (χ2v) is 2.92. The van der Waals surface area contributed by atoms with Crippen LogP contribution in [0.25, 0.3) is 0 Å². The van der Waals surface area contributed by atoms with Crippen molar-refractivity contribution in [1.82, 2.24) is 0 Å². The first kappa shape index (κ1) is 11.1. The van der Waals surface area contributed by atoms with Gasteiger partial charge in [-0.05, 0) is 24.6 Å². The molecule has 0 amide bonds. The average molecular weight is 205 g/mol. The van der Waals surface area contributed by atoms with Crippen LogP contribution in [0.2, 0.25) is 0 Å². The first-order chi connectivity index (χ1) is 7.15. The van der Waals surface area contributed by atoms with Crippen LogP contribution in [-0.4, -0.2) is 20.2 Å². The maximum atomic E-state index is 11.3. The molecule has 78 valence electrons. The van der Waals surface area contributed by atoms with Gasteiger partial charge in [0, 0.05) is 0 Å². The van der Waals surface area contributed by atoms with Crippen LogP contribution in [0.1, 0.15) is 21.5 Å². The van der Waals surface area contributed by atoms with Gasteiger partial charge in [-0.1, -0.05) is 0 Å². The van der Waals surface area contributed by atoms with Crippen LogP contribution >= 0.6 is 0 Å². The summed E-state index contributed by atoms with van der Waals surface area (Å²) >= 11 is 0. The summed E-state index contributed by atoms with van der Waals surface area (Å²) < 4.78 is 9.61. The number of benzene rings is 1. The summed E-state index contributed by atoms with van der Waals surface area (Å²) in [4.78, 5) is 11.3. The van der Waals surface area contributed by atoms with Crippen molar-refractivity contribution in [1.29, 1.82) is 5.26 Å². The van der Waals surface area contributed by atoms with Crippen LogP contribution in [0.5, 0.6) is 5.75 Å². The molecule has 0 atom stereocenters. The van der Waals surface area contributed by atoms with E-state index in [2.05, 4.69) is 4.74 Å². The van der Waals surface area contributed by atoms with E-state index in [4.69, 9.17) is 10.00 Å². The highest BCUT2D eigenvalue weighted by molar-refractivity contribution is 5.92. The van der Waals surface area contributed by atoms with Crippen LogP contribution in [0.4, 0.5) is 0 Å². The molecular formula is C11H11NO3. The average Bonchev–Trinajstić information content (AvgIpc) is 2.27. The molecule has 0 aliphatic carbocycles. The van der Waals surface area contributed by atoms with E-state index >= 15 is 0 Å². The summed E-state index contributed by atoms with van der Waals surface area (Å²) in [5.74, 6) is 0.00862. The highest BCUT2D eigenvalue weighted by Gasteiger charge is 2.15. The van der Waals surface area contributed by atoms with E-state index in [1.54, 1.807) is 19.1 Å². The van der Waals surface area contributed by atoms with Crippen molar-refractivity contribution in [2.45, 2.75) is 6.92 Å². The lowest BCUT2D eigenvalue weighted by molar-refractivity contribution is 0.0600. The molecule has 4 heteroatoms. The molecule has 0 aliphatic heterocycles. The van der Waals surface area contributed by atoms with Crippen LogP contribution in [0.3, 0.4) is 0 Å². The number of hydrogen-bond acceptors (Lipinski definition) is 4. The first-order valence-electron chi connectivity index (χ1n) is 4.31. The van der Waals surface area contributed by atoms with E-state index < -0.39 is 5.97 Å². The molecule has 0 heterocycles. The number of hydrogen-bond donors (Lipinski definition) is 0. The Hall–Kier alpha value is -2.02. The van der Waals surface area contributed by atoms with E-state index in [9.17, 15) is 4.79 Å². The van der Waals surface area contributed by atoms with Crippen molar-refractivity contribution in [2.24, 2.45) is 0 Å². The molecular weight excluding hydrogens is 194 g/mol. The number of methoxy groups -OCH3 is 2. The Morgan fingerprint density at radius 2 is 2.07 bits per heavy atom. The zero-order valence-electron chi connectivity index (χ0n) is 8.83. The second kappa shape index (κ2) is 4.47. The van der Waals surface area contributed by atoms with Gasteiger partial charge < -0.3 is 9.47 Å². The van der Waals surface area contributed by atoms with Gasteiger partial charge in [0.05, 0.1) is 25.3 Å². The van der Waals surface area contributed by atoms with Gasteiger partial charge in [0.2, 0.25) is 0 Å². The van der Waals surface area contributed by atoms with Crippen LogP contribution in [0.15, 0.2) is 12.1 Å². The molecule has 0 aromatic heterocycles. The highest BCUT2D eigenvalue weighted by atomic mass is 16.5. The molecule has 0 aliphatic rings. The minimum Gasteiger partial charge on any atom is -0.495 e. The molecule has 0 radical (unpaired) electrons. The lowest BCUT2D eigenvalue weighted by atomic mass is 10.0. The third kappa shape index (κ3) is 1.91. The molecule has 0 spiro atoms. The summed E-state index contributed by atoms with van der Waals surface area (Å²) in [5.41, 5.74) is 1.32. The highest BCUT2D eigenvalue weighted by Crippen LogP contribution is 2.24. The number of nitriles is 1. The summed E-state index contributed by atoms with van der Waals surface area (Å²) in [6.45, 7) is 1.69. The number of esters is 1. The van der Waals surface area contributed by atoms with Crippen molar-refractivity contribution in [3.8, 4) is 11.8 Å². The fraction of sp³-hybridized carbons (Fsp3) is 0.273. The molecule has 1 aromatic rings. The topological polar surface area (TPSA) is 59.3 Å². The molecule has 15 heavy (non-hydrogen) atoms. The van der Waals surface area contributed by atoms with Crippen LogP contribution in [-0.2, 0) is 4.74 Å². The van der Waals surface area contributed by atoms with Crippen molar-refractivity contribution < 1.29 is 14.3 Å². The van der Waals surface area contributed by atoms with Crippen molar-refractivity contribution >= 4 is 5.97 Å². The maximum Gasteiger partial charge on any atom is 0.338 e. The zero-order valence-corrected chi connectivity index (χ0v) is 8.83. The Morgan fingerprint density at radius 3 is 2.53 bits per heavy atom. The van der Waals surface area contributed by atoms with Crippen LogP contribution < -0.4 is 4.74 Å². The quantitative estimate of drug-likeness (QED) is 0.689. The Balaban J connectivity index is 3.37. The Morgan fingerprint density at radius 1 is 1.40 bits per heavy atom. The molecule has 0 saturated carbocycles. The summed E-state index contributed by atoms with van der Waals surface area (Å²) in [7, 11) is 2.78. The lowest BCUT2D eigenvalue weighted by Crippen LogP contribution is -2.05. The van der Waals surface area contributed by atoms with Gasteiger partial charge >= 0.3 is 5.97 Å². The normalized spacial score (nSPS) is 9.20. The minimum atomic E-state index is -0.452. The zero-order chi connectivity index (χ0) is 11.4. The van der Waals surface area contributed by atoms with Gasteiger partial charge in [-0.15, -0.1) is 0 Å². The fourth-order valence-corrected chi connectivity index (χ4v) is 1.33. The second-order valence-electron chi connectivity index (χ2n) is 2.92. The molecule has 0 bridgehead atoms. The van der Waals surface area contributed by atoms with Crippen molar-refractivity contribution in [3.05, 3.63) is 28.8 Å². The van der Waals surface area contributed by atoms with E-state index in [-0.39, 0.29) is 0 Å². The Kier molecular flexibility index (Phi) is 3.29. The molecule has 4 nitrogen and oxygen atoms in total. The number of carbonyl (C=O) groups is 1. The molecule has 1 aromatic carbocycles. The maximum absolute atomic E-state index is 11.3. The predicted octanol–water partition coefficient (Wildman–Crippen LogP) is 1.66. The van der Waals surface area contributed by atoms with Gasteiger partial charge in [0.15, 0.2) is 0 Å². The molecule has 1 rings (SSSR count). The molecule has 0 N–H and O–H groups in total. The van der Waals surface area contributed by atoms with E-state index in [1.165, 1.54) is 14.2 Å². The third-order valence-electron chi connectivity index (χ3n) is 2.16. The monoisotopic (exact) mass is 205 g/mol. The minimum absolute atomic E-state index is 0.361. The third-order valence-corrected chi connectivity index (χ3v) is 2.16. The molecule has 0 fully saturated rings. The predicted molar refractivity (Wildman–Crippen MR) is 53.8 cm³/mol. The van der Waals surface area contributed by atoms with Crippen molar-refractivity contribution in [3.63, 3.8) is 0 Å². The first-order valence-corrected chi connectivity index (χ1v) is 4.31. The number of carbonyl (C=O) groups excluding carboxylic acids is 1. The van der Waals surface area contributed by atoms with Crippen LogP contribution in [0, 0.1) is 18.3 Å². The Bertz CT molecular complexity index is 432. The lowest BCUT2D eigenvalue weighted by Gasteiger charge is -2.08. The number of nitrogens with zero attached hydrogens (tertiary/aromatic N) is 1. The van der Waals surface area contributed by atoms with Gasteiger partial charge in [0.25, 0.3) is 0 Å². The summed E-state index contributed by atoms with van der Waals surface area (Å²) in [6, 6.07) is 5.17. The number of rotatable bonds is 2.